The summed E-state index contributed by atoms with van der Waals surface area (Å²) in [6, 6.07) is 8.45. The molecule has 0 spiro atoms. The number of aliphatic hydroxyl groups excluding tert-OH is 1. The monoisotopic (exact) mass is 259 g/mol. The molecular formula is C12H11ClNNaO2. The van der Waals surface area contributed by atoms with E-state index in [1.165, 1.54) is 6.92 Å². The first-order valence-corrected chi connectivity index (χ1v) is 5.00. The van der Waals surface area contributed by atoms with Gasteiger partial charge < -0.3 is 5.11 Å². The zero-order valence-electron chi connectivity index (χ0n) is 8.70. The molecule has 0 aliphatic heterocycles. The number of Topliss-reactive ketones (excluding diaryl/α,β-unsaturated/α-hetero) is 1. The third-order valence-corrected chi connectivity index (χ3v) is 2.28. The summed E-state index contributed by atoms with van der Waals surface area (Å²) in [6.07, 6.45) is 0.0813. The molecule has 0 aliphatic carbocycles. The van der Waals surface area contributed by atoms with E-state index in [0.29, 0.717) is 5.02 Å². The molecule has 0 bridgehead atoms. The molecule has 0 amide bonds. The van der Waals surface area contributed by atoms with E-state index in [0.717, 1.165) is 5.56 Å². The van der Waals surface area contributed by atoms with Gasteiger partial charge in [0.15, 0.2) is 5.78 Å². The number of aliphatic hydroxyl groups is 1. The molecular weight excluding hydrogens is 249 g/mol. The fourth-order valence-corrected chi connectivity index (χ4v) is 1.35. The second kappa shape index (κ2) is 7.52. The zero-order chi connectivity index (χ0) is 12.1. The van der Waals surface area contributed by atoms with Gasteiger partial charge in [0.25, 0.3) is 0 Å². The zero-order valence-corrected chi connectivity index (χ0v) is 9.45. The number of carbonyl (C=O) groups excluding carboxylic acids is 1. The Hall–Kier alpha value is -0.790. The summed E-state index contributed by atoms with van der Waals surface area (Å²) >= 11 is 5.70. The molecule has 0 heterocycles. The Morgan fingerprint density at radius 2 is 1.94 bits per heavy atom. The summed E-state index contributed by atoms with van der Waals surface area (Å²) in [4.78, 5) is 11.6. The molecule has 0 saturated heterocycles. The van der Waals surface area contributed by atoms with Crippen molar-refractivity contribution < 1.29 is 9.90 Å². The predicted molar refractivity (Wildman–Crippen MR) is 68.3 cm³/mol. The average molecular weight is 260 g/mol. The number of hydrogen-bond donors (Lipinski definition) is 1. The van der Waals surface area contributed by atoms with E-state index in [4.69, 9.17) is 22.0 Å². The topological polar surface area (TPSA) is 61.1 Å². The van der Waals surface area contributed by atoms with Crippen LogP contribution >= 0.6 is 11.6 Å². The SMILES string of the molecule is C/C(O)=C(\C#N)C(=O)Cc1ccc(Cl)cc1.[NaH]. The standard InChI is InChI=1S/C12H10ClNO2.Na.H/c1-8(15)11(7-14)12(16)6-9-2-4-10(13)5-3-9;;/h2-5,15H,6H2,1H3;;/b11-8-;;. The van der Waals surface area contributed by atoms with Gasteiger partial charge in [0.05, 0.1) is 0 Å². The Balaban J connectivity index is 0.00000256. The molecule has 0 atom stereocenters. The molecule has 0 fully saturated rings. The molecule has 17 heavy (non-hydrogen) atoms. The molecule has 0 unspecified atom stereocenters. The fourth-order valence-electron chi connectivity index (χ4n) is 1.22. The van der Waals surface area contributed by atoms with Crippen LogP contribution in [0.25, 0.3) is 0 Å². The fraction of sp³-hybridized carbons (Fsp3) is 0.167. The van der Waals surface area contributed by atoms with Crippen molar-refractivity contribution in [2.75, 3.05) is 0 Å². The van der Waals surface area contributed by atoms with Gasteiger partial charge in [0.1, 0.15) is 17.4 Å². The van der Waals surface area contributed by atoms with Gasteiger partial charge in [-0.3, -0.25) is 4.79 Å². The molecule has 5 heteroatoms. The second-order valence-electron chi connectivity index (χ2n) is 3.30. The van der Waals surface area contributed by atoms with Crippen molar-refractivity contribution in [1.29, 1.82) is 5.26 Å². The van der Waals surface area contributed by atoms with E-state index in [-0.39, 0.29) is 47.3 Å². The first-order valence-electron chi connectivity index (χ1n) is 4.62. The molecule has 84 valence electrons. The molecule has 1 aromatic rings. The van der Waals surface area contributed by atoms with Crippen molar-refractivity contribution in [2.24, 2.45) is 0 Å². The number of nitriles is 1. The third kappa shape index (κ3) is 4.93. The van der Waals surface area contributed by atoms with Crippen LogP contribution in [0.15, 0.2) is 35.6 Å². The summed E-state index contributed by atoms with van der Waals surface area (Å²) < 4.78 is 0. The average Bonchev–Trinajstić information content (AvgIpc) is 2.22. The first-order chi connectivity index (χ1) is 7.54. The van der Waals surface area contributed by atoms with E-state index < -0.39 is 5.78 Å². The Kier molecular flexibility index (Phi) is 7.17. The van der Waals surface area contributed by atoms with Gasteiger partial charge in [0.2, 0.25) is 0 Å². The quantitative estimate of drug-likeness (QED) is 0.392. The van der Waals surface area contributed by atoms with Crippen molar-refractivity contribution in [3.8, 4) is 6.07 Å². The summed E-state index contributed by atoms with van der Waals surface area (Å²) in [5.74, 6) is -0.647. The van der Waals surface area contributed by atoms with Gasteiger partial charge in [-0.1, -0.05) is 23.7 Å². The number of benzene rings is 1. The van der Waals surface area contributed by atoms with Gasteiger partial charge >= 0.3 is 29.6 Å². The van der Waals surface area contributed by atoms with Gasteiger partial charge in [-0.2, -0.15) is 5.26 Å². The Bertz CT molecular complexity index is 470. The minimum absolute atomic E-state index is 0. The van der Waals surface area contributed by atoms with Crippen molar-refractivity contribution in [3.63, 3.8) is 0 Å². The normalized spacial score (nSPS) is 10.9. The molecule has 0 aromatic heterocycles. The summed E-state index contributed by atoms with van der Waals surface area (Å²) in [7, 11) is 0. The predicted octanol–water partition coefficient (Wildman–Crippen LogP) is 2.16. The van der Waals surface area contributed by atoms with E-state index in [1.54, 1.807) is 30.3 Å². The van der Waals surface area contributed by atoms with E-state index in [9.17, 15) is 4.79 Å². The molecule has 1 aromatic carbocycles. The number of rotatable bonds is 3. The number of allylic oxidation sites excluding steroid dienone is 2. The van der Waals surface area contributed by atoms with Crippen LogP contribution in [-0.2, 0) is 11.2 Å². The molecule has 0 aliphatic rings. The van der Waals surface area contributed by atoms with Crippen LogP contribution < -0.4 is 0 Å². The van der Waals surface area contributed by atoms with Crippen molar-refractivity contribution in [2.45, 2.75) is 13.3 Å². The minimum atomic E-state index is -0.398. The van der Waals surface area contributed by atoms with Crippen LogP contribution in [0.4, 0.5) is 0 Å². The van der Waals surface area contributed by atoms with Gasteiger partial charge in [-0.25, -0.2) is 0 Å². The Morgan fingerprint density at radius 1 is 1.41 bits per heavy atom. The number of halogens is 1. The van der Waals surface area contributed by atoms with Crippen LogP contribution in [0.5, 0.6) is 0 Å². The van der Waals surface area contributed by atoms with Crippen molar-refractivity contribution in [1.82, 2.24) is 0 Å². The molecule has 1 N–H and O–H groups in total. The van der Waals surface area contributed by atoms with E-state index >= 15 is 0 Å². The van der Waals surface area contributed by atoms with Crippen molar-refractivity contribution >= 4 is 46.9 Å². The number of nitrogens with zero attached hydrogens (tertiary/aromatic N) is 1. The third-order valence-electron chi connectivity index (χ3n) is 2.03. The van der Waals surface area contributed by atoms with E-state index in [1.807, 2.05) is 0 Å². The number of hydrogen-bond acceptors (Lipinski definition) is 3. The van der Waals surface area contributed by atoms with Crippen LogP contribution in [-0.4, -0.2) is 40.4 Å². The molecule has 1 rings (SSSR count). The van der Waals surface area contributed by atoms with E-state index in [2.05, 4.69) is 0 Å². The Morgan fingerprint density at radius 3 is 2.35 bits per heavy atom. The maximum absolute atomic E-state index is 11.6. The van der Waals surface area contributed by atoms with Gasteiger partial charge in [0, 0.05) is 11.4 Å². The summed E-state index contributed by atoms with van der Waals surface area (Å²) in [6.45, 7) is 1.32. The summed E-state index contributed by atoms with van der Waals surface area (Å²) in [5.41, 5.74) is 0.554. The molecule has 0 radical (unpaired) electrons. The number of carbonyl (C=O) groups is 1. The first kappa shape index (κ1) is 16.2. The molecule has 0 saturated carbocycles. The Labute approximate surface area is 127 Å². The van der Waals surface area contributed by atoms with Crippen LogP contribution in [0.2, 0.25) is 5.02 Å². The van der Waals surface area contributed by atoms with Crippen LogP contribution in [0.1, 0.15) is 12.5 Å². The van der Waals surface area contributed by atoms with Gasteiger partial charge in [-0.15, -0.1) is 0 Å². The number of ketones is 1. The molecule has 3 nitrogen and oxygen atoms in total. The maximum atomic E-state index is 11.6. The second-order valence-corrected chi connectivity index (χ2v) is 3.74. The van der Waals surface area contributed by atoms with Crippen molar-refractivity contribution in [3.05, 3.63) is 46.2 Å². The summed E-state index contributed by atoms with van der Waals surface area (Å²) in [5, 5.41) is 18.4. The van der Waals surface area contributed by atoms with Crippen LogP contribution in [0, 0.1) is 11.3 Å². The van der Waals surface area contributed by atoms with Crippen LogP contribution in [0.3, 0.4) is 0 Å². The van der Waals surface area contributed by atoms with Gasteiger partial charge in [-0.05, 0) is 24.6 Å².